The van der Waals surface area contributed by atoms with E-state index in [1.807, 2.05) is 24.3 Å². The molecule has 0 N–H and O–H groups in total. The number of anilines is 2. The molecule has 4 nitrogen and oxygen atoms in total. The van der Waals surface area contributed by atoms with Gasteiger partial charge in [0.15, 0.2) is 10.3 Å². The number of hydrogen-bond donors (Lipinski definition) is 0. The minimum absolute atomic E-state index is 0.773. The summed E-state index contributed by atoms with van der Waals surface area (Å²) < 4.78 is 2.23. The van der Waals surface area contributed by atoms with E-state index in [-0.39, 0.29) is 0 Å². The van der Waals surface area contributed by atoms with E-state index in [2.05, 4.69) is 23.6 Å². The van der Waals surface area contributed by atoms with Crippen LogP contribution in [0.2, 0.25) is 10.0 Å². The Kier molecular flexibility index (Phi) is 4.62. The Morgan fingerprint density at radius 1 is 0.821 bits per heavy atom. The van der Waals surface area contributed by atoms with Crippen molar-refractivity contribution in [2.45, 2.75) is 13.8 Å². The predicted octanol–water partition coefficient (Wildman–Crippen LogP) is 6.16. The molecule has 0 bridgehead atoms. The fraction of sp³-hybridized carbons (Fsp3) is 0.300. The molecule has 28 heavy (non-hydrogen) atoms. The number of fused-ring (bicyclic) bond motifs is 2. The molecule has 0 spiro atoms. The predicted molar refractivity (Wildman–Crippen MR) is 123 cm³/mol. The average Bonchev–Trinajstić information content (AvgIpc) is 3.30. The summed E-state index contributed by atoms with van der Waals surface area (Å²) in [7, 11) is 0. The van der Waals surface area contributed by atoms with Gasteiger partial charge in [-0.05, 0) is 43.2 Å². The highest BCUT2D eigenvalue weighted by Gasteiger charge is 2.23. The molecule has 3 heterocycles. The van der Waals surface area contributed by atoms with Crippen molar-refractivity contribution in [3.05, 3.63) is 45.4 Å². The van der Waals surface area contributed by atoms with Crippen molar-refractivity contribution in [1.29, 1.82) is 0 Å². The lowest BCUT2D eigenvalue weighted by molar-refractivity contribution is 0.651. The number of nitrogens with zero attached hydrogens (tertiary/aromatic N) is 4. The fourth-order valence-corrected chi connectivity index (χ4v) is 6.43. The third-order valence-electron chi connectivity index (χ3n) is 5.15. The zero-order valence-electron chi connectivity index (χ0n) is 15.5. The summed E-state index contributed by atoms with van der Waals surface area (Å²) in [5.74, 6) is 0. The molecule has 0 atom stereocenters. The largest absolute Gasteiger partial charge is 0.345 e. The summed E-state index contributed by atoms with van der Waals surface area (Å²) in [4.78, 5) is 14.4. The van der Waals surface area contributed by atoms with E-state index in [0.717, 1.165) is 72.5 Å². The maximum absolute atomic E-state index is 6.37. The molecule has 1 aliphatic rings. The van der Waals surface area contributed by atoms with E-state index in [4.69, 9.17) is 33.2 Å². The van der Waals surface area contributed by atoms with Gasteiger partial charge in [0, 0.05) is 31.2 Å². The van der Waals surface area contributed by atoms with E-state index in [1.54, 1.807) is 22.7 Å². The molecule has 8 heteroatoms. The Bertz CT molecular complexity index is 1150. The van der Waals surface area contributed by atoms with Crippen LogP contribution in [0, 0.1) is 13.8 Å². The molecule has 0 aliphatic carbocycles. The lowest BCUT2D eigenvalue weighted by atomic mass is 10.2. The first-order valence-electron chi connectivity index (χ1n) is 9.12. The maximum atomic E-state index is 6.37. The first-order chi connectivity index (χ1) is 13.5. The van der Waals surface area contributed by atoms with Crippen LogP contribution >= 0.6 is 45.9 Å². The highest BCUT2D eigenvalue weighted by molar-refractivity contribution is 7.23. The van der Waals surface area contributed by atoms with Crippen LogP contribution in [0.15, 0.2) is 24.3 Å². The molecule has 5 rings (SSSR count). The second-order valence-electron chi connectivity index (χ2n) is 7.08. The molecule has 1 saturated heterocycles. The molecule has 2 aromatic heterocycles. The molecular formula is C20H18Cl2N4S2. The second kappa shape index (κ2) is 7.02. The monoisotopic (exact) mass is 448 g/mol. The normalized spacial score (nSPS) is 15.1. The van der Waals surface area contributed by atoms with E-state index >= 15 is 0 Å². The average molecular weight is 449 g/mol. The fourth-order valence-electron chi connectivity index (χ4n) is 3.59. The van der Waals surface area contributed by atoms with Crippen LogP contribution in [0.5, 0.6) is 0 Å². The van der Waals surface area contributed by atoms with Gasteiger partial charge < -0.3 is 9.80 Å². The van der Waals surface area contributed by atoms with Crippen molar-refractivity contribution in [2.75, 3.05) is 36.0 Å². The summed E-state index contributed by atoms with van der Waals surface area (Å²) in [6.45, 7) is 7.85. The van der Waals surface area contributed by atoms with Crippen LogP contribution in [0.4, 0.5) is 10.3 Å². The van der Waals surface area contributed by atoms with Crippen LogP contribution in [-0.4, -0.2) is 36.1 Å². The Labute approximate surface area is 181 Å². The molecule has 2 aromatic carbocycles. The number of halogens is 2. The van der Waals surface area contributed by atoms with Crippen LogP contribution in [0.25, 0.3) is 20.4 Å². The summed E-state index contributed by atoms with van der Waals surface area (Å²) >= 11 is 16.0. The number of piperazine rings is 1. The van der Waals surface area contributed by atoms with Gasteiger partial charge in [0.25, 0.3) is 0 Å². The first-order valence-corrected chi connectivity index (χ1v) is 11.5. The Hall–Kier alpha value is -1.60. The summed E-state index contributed by atoms with van der Waals surface area (Å²) in [5.41, 5.74) is 4.38. The lowest BCUT2D eigenvalue weighted by Gasteiger charge is -2.34. The minimum atomic E-state index is 0.773. The summed E-state index contributed by atoms with van der Waals surface area (Å²) in [6.07, 6.45) is 0. The molecule has 0 radical (unpaired) electrons. The lowest BCUT2D eigenvalue weighted by Crippen LogP contribution is -2.46. The SMILES string of the molecule is Cc1cc(Cl)cc2sc(N3CCN(c4nc5c(C)ccc(Cl)c5s4)CC3)nc12. The molecule has 1 aliphatic heterocycles. The van der Waals surface area contributed by atoms with Crippen LogP contribution in [-0.2, 0) is 0 Å². The zero-order chi connectivity index (χ0) is 19.4. The number of aryl methyl sites for hydroxylation is 2. The highest BCUT2D eigenvalue weighted by Crippen LogP contribution is 2.37. The van der Waals surface area contributed by atoms with Crippen molar-refractivity contribution in [3.63, 3.8) is 0 Å². The standard InChI is InChI=1S/C20H18Cl2N4S2/c1-11-3-4-14(22)18-17(11)24-20(28-18)26-7-5-25(6-8-26)19-23-16-12(2)9-13(21)10-15(16)27-19/h3-4,9-10H,5-8H2,1-2H3. The number of benzene rings is 2. The van der Waals surface area contributed by atoms with Gasteiger partial charge in [0.1, 0.15) is 0 Å². The van der Waals surface area contributed by atoms with E-state index in [0.29, 0.717) is 0 Å². The third-order valence-corrected chi connectivity index (χ3v) is 8.00. The van der Waals surface area contributed by atoms with E-state index in [9.17, 15) is 0 Å². The summed E-state index contributed by atoms with van der Waals surface area (Å²) in [5, 5.41) is 3.68. The minimum Gasteiger partial charge on any atom is -0.345 e. The van der Waals surface area contributed by atoms with E-state index < -0.39 is 0 Å². The first kappa shape index (κ1) is 18.4. The van der Waals surface area contributed by atoms with Gasteiger partial charge in [-0.3, -0.25) is 0 Å². The maximum Gasteiger partial charge on any atom is 0.186 e. The van der Waals surface area contributed by atoms with Crippen molar-refractivity contribution in [2.24, 2.45) is 0 Å². The second-order valence-corrected chi connectivity index (χ2v) is 9.91. The molecule has 0 unspecified atom stereocenters. The van der Waals surface area contributed by atoms with Gasteiger partial charge >= 0.3 is 0 Å². The van der Waals surface area contributed by atoms with Crippen LogP contribution in [0.1, 0.15) is 11.1 Å². The molecule has 144 valence electrons. The quantitative estimate of drug-likeness (QED) is 0.367. The highest BCUT2D eigenvalue weighted by atomic mass is 35.5. The number of thiazole rings is 2. The zero-order valence-corrected chi connectivity index (χ0v) is 18.6. The topological polar surface area (TPSA) is 32.3 Å². The van der Waals surface area contributed by atoms with Crippen molar-refractivity contribution < 1.29 is 0 Å². The van der Waals surface area contributed by atoms with Gasteiger partial charge in [-0.1, -0.05) is 51.9 Å². The summed E-state index contributed by atoms with van der Waals surface area (Å²) in [6, 6.07) is 7.98. The Morgan fingerprint density at radius 2 is 1.46 bits per heavy atom. The van der Waals surface area contributed by atoms with Crippen molar-refractivity contribution in [1.82, 2.24) is 9.97 Å². The van der Waals surface area contributed by atoms with Crippen LogP contribution in [0.3, 0.4) is 0 Å². The molecule has 0 saturated carbocycles. The van der Waals surface area contributed by atoms with Crippen molar-refractivity contribution in [3.8, 4) is 0 Å². The molecular weight excluding hydrogens is 431 g/mol. The Morgan fingerprint density at radius 3 is 2.14 bits per heavy atom. The Balaban J connectivity index is 1.37. The van der Waals surface area contributed by atoms with Gasteiger partial charge in [0.05, 0.1) is 25.5 Å². The smallest absolute Gasteiger partial charge is 0.186 e. The molecule has 4 aromatic rings. The van der Waals surface area contributed by atoms with Gasteiger partial charge in [-0.15, -0.1) is 0 Å². The molecule has 0 amide bonds. The number of rotatable bonds is 2. The van der Waals surface area contributed by atoms with Crippen LogP contribution < -0.4 is 9.80 Å². The van der Waals surface area contributed by atoms with E-state index in [1.165, 1.54) is 5.56 Å². The third kappa shape index (κ3) is 3.12. The van der Waals surface area contributed by atoms with Gasteiger partial charge in [-0.2, -0.15) is 0 Å². The van der Waals surface area contributed by atoms with Gasteiger partial charge in [0.2, 0.25) is 0 Å². The van der Waals surface area contributed by atoms with Gasteiger partial charge in [-0.25, -0.2) is 9.97 Å². The van der Waals surface area contributed by atoms with Crippen molar-refractivity contribution >= 4 is 76.6 Å². The molecule has 1 fully saturated rings. The number of aromatic nitrogens is 2. The number of hydrogen-bond acceptors (Lipinski definition) is 6.